The van der Waals surface area contributed by atoms with Crippen LogP contribution in [0.1, 0.15) is 36.8 Å². The number of carbonyl (C=O) groups excluding carboxylic acids is 2. The van der Waals surface area contributed by atoms with Crippen LogP contribution >= 0.6 is 11.6 Å². The predicted octanol–water partition coefficient (Wildman–Crippen LogP) is 5.17. The van der Waals surface area contributed by atoms with E-state index in [1.54, 1.807) is 51.2 Å². The van der Waals surface area contributed by atoms with Crippen molar-refractivity contribution in [2.24, 2.45) is 0 Å². The number of carbonyl (C=O) groups is 3. The number of halogens is 1. The van der Waals surface area contributed by atoms with Crippen molar-refractivity contribution in [2.45, 2.75) is 38.8 Å². The Morgan fingerprint density at radius 2 is 2.05 bits per heavy atom. The Morgan fingerprint density at radius 1 is 1.25 bits per heavy atom. The highest BCUT2D eigenvalue weighted by Gasteiger charge is 2.37. The van der Waals surface area contributed by atoms with Crippen LogP contribution in [0.15, 0.2) is 36.7 Å². The van der Waals surface area contributed by atoms with Crippen molar-refractivity contribution < 1.29 is 38.4 Å². The minimum atomic E-state index is -1.06. The Bertz CT molecular complexity index is 1570. The molecule has 5 rings (SSSR count). The van der Waals surface area contributed by atoms with Gasteiger partial charge >= 0.3 is 12.2 Å². The van der Waals surface area contributed by atoms with Gasteiger partial charge in [-0.15, -0.1) is 0 Å². The fourth-order valence-corrected chi connectivity index (χ4v) is 5.39. The molecule has 0 radical (unpaired) electrons. The monoisotopic (exact) mass is 627 g/mol. The van der Waals surface area contributed by atoms with Crippen molar-refractivity contribution >= 4 is 41.1 Å². The summed E-state index contributed by atoms with van der Waals surface area (Å²) in [6, 6.07) is 6.36. The lowest BCUT2D eigenvalue weighted by molar-refractivity contribution is -0.0148. The lowest BCUT2D eigenvalue weighted by Gasteiger charge is -2.33. The number of benzene rings is 1. The number of aromatic nitrogens is 2. The van der Waals surface area contributed by atoms with Crippen LogP contribution < -0.4 is 14.8 Å². The van der Waals surface area contributed by atoms with Gasteiger partial charge in [0.15, 0.2) is 5.75 Å². The Labute approximate surface area is 259 Å². The van der Waals surface area contributed by atoms with E-state index in [4.69, 9.17) is 30.5 Å². The van der Waals surface area contributed by atoms with Crippen molar-refractivity contribution in [3.05, 3.63) is 52.9 Å². The molecule has 3 N–H and O–H groups in total. The van der Waals surface area contributed by atoms with Crippen LogP contribution in [0.25, 0.3) is 11.3 Å². The zero-order chi connectivity index (χ0) is 31.6. The van der Waals surface area contributed by atoms with Gasteiger partial charge in [0.05, 0.1) is 60.2 Å². The van der Waals surface area contributed by atoms with Gasteiger partial charge in [0, 0.05) is 37.0 Å². The molecular formula is C30H34ClN5O8. The number of methoxy groups -OCH3 is 1. The number of amides is 3. The number of H-pyrrole nitrogens is 1. The summed E-state index contributed by atoms with van der Waals surface area (Å²) in [5, 5.41) is 13.3. The number of imide groups is 1. The minimum absolute atomic E-state index is 0.0155. The fourth-order valence-electron chi connectivity index (χ4n) is 5.14. The molecule has 0 spiro atoms. The first-order valence-corrected chi connectivity index (χ1v) is 14.4. The average Bonchev–Trinajstić information content (AvgIpc) is 3.34. The Morgan fingerprint density at radius 3 is 2.77 bits per heavy atom. The average molecular weight is 628 g/mol. The van der Waals surface area contributed by atoms with E-state index in [1.165, 1.54) is 18.2 Å². The number of nitrogens with zero attached hydrogens (tertiary/aromatic N) is 3. The van der Waals surface area contributed by atoms with Crippen molar-refractivity contribution in [3.63, 3.8) is 0 Å². The number of morpholine rings is 1. The summed E-state index contributed by atoms with van der Waals surface area (Å²) in [5.74, 6) is 0.165. The second kappa shape index (κ2) is 12.6. The third-order valence-corrected chi connectivity index (χ3v) is 7.42. The normalized spacial score (nSPS) is 16.8. The topological polar surface area (TPSA) is 156 Å². The standard InChI is InChI=1S/C30H34ClN5O8/c1-30(2,3)44-29(40)36-11-9-20-23(27(36)37)25(34-21-7-5-6-19(31)26(21)41-4)24(33-20)18-8-10-32-14-22(18)43-16-17-15-42-13-12-35(17)28(38)39/h5-8,10,14,17,33-34H,9,11-13,15-16H2,1-4H3,(H,38,39)/t17-/m0/s1. The number of aromatic amines is 1. The summed E-state index contributed by atoms with van der Waals surface area (Å²) in [7, 11) is 1.49. The Kier molecular flexibility index (Phi) is 8.88. The van der Waals surface area contributed by atoms with E-state index < -0.39 is 29.7 Å². The van der Waals surface area contributed by atoms with Gasteiger partial charge in [-0.3, -0.25) is 14.7 Å². The first-order valence-electron chi connectivity index (χ1n) is 14.0. The van der Waals surface area contributed by atoms with Crippen molar-refractivity contribution in [3.8, 4) is 22.8 Å². The van der Waals surface area contributed by atoms with Crippen LogP contribution in [0.3, 0.4) is 0 Å². The third kappa shape index (κ3) is 6.38. The number of rotatable bonds is 7. The highest BCUT2D eigenvalue weighted by Crippen LogP contribution is 2.43. The van der Waals surface area contributed by atoms with E-state index in [-0.39, 0.29) is 31.9 Å². The number of pyridine rings is 1. The van der Waals surface area contributed by atoms with Gasteiger partial charge in [-0.1, -0.05) is 17.7 Å². The molecule has 0 saturated carbocycles. The first-order chi connectivity index (χ1) is 21.0. The van der Waals surface area contributed by atoms with Crippen LogP contribution in [-0.2, 0) is 15.9 Å². The van der Waals surface area contributed by atoms with E-state index in [1.807, 2.05) is 0 Å². The molecule has 4 heterocycles. The van der Waals surface area contributed by atoms with Crippen molar-refractivity contribution in [1.82, 2.24) is 19.8 Å². The molecule has 0 bridgehead atoms. The maximum Gasteiger partial charge on any atom is 0.417 e. The van der Waals surface area contributed by atoms with E-state index in [0.29, 0.717) is 57.9 Å². The van der Waals surface area contributed by atoms with Gasteiger partial charge < -0.3 is 34.4 Å². The molecule has 2 aliphatic rings. The van der Waals surface area contributed by atoms with Gasteiger partial charge in [0.25, 0.3) is 5.91 Å². The summed E-state index contributed by atoms with van der Waals surface area (Å²) in [6.07, 6.45) is 1.64. The zero-order valence-corrected chi connectivity index (χ0v) is 25.6. The highest BCUT2D eigenvalue weighted by molar-refractivity contribution is 6.32. The van der Waals surface area contributed by atoms with Gasteiger partial charge in [-0.05, 0) is 39.0 Å². The molecule has 1 fully saturated rings. The maximum atomic E-state index is 13.9. The Balaban J connectivity index is 1.57. The molecule has 0 unspecified atom stereocenters. The fraction of sp³-hybridized carbons (Fsp3) is 0.400. The number of carboxylic acid groups (broad SMARTS) is 1. The largest absolute Gasteiger partial charge is 0.493 e. The van der Waals surface area contributed by atoms with Crippen molar-refractivity contribution in [1.29, 1.82) is 0 Å². The number of ether oxygens (including phenoxy) is 4. The molecular weight excluding hydrogens is 594 g/mol. The molecule has 13 nitrogen and oxygen atoms in total. The summed E-state index contributed by atoms with van der Waals surface area (Å²) >= 11 is 6.41. The van der Waals surface area contributed by atoms with Crippen LogP contribution in [0.5, 0.6) is 11.5 Å². The molecule has 3 amide bonds. The van der Waals surface area contributed by atoms with Gasteiger partial charge in [0.2, 0.25) is 0 Å². The molecule has 14 heteroatoms. The maximum absolute atomic E-state index is 13.9. The predicted molar refractivity (Wildman–Crippen MR) is 161 cm³/mol. The molecule has 1 saturated heterocycles. The molecule has 1 aromatic carbocycles. The Hall–Kier alpha value is -4.49. The molecule has 2 aromatic heterocycles. The van der Waals surface area contributed by atoms with E-state index >= 15 is 0 Å². The SMILES string of the molecule is COc1c(Cl)cccc1Nc1c(-c2ccncc2OC[C@@H]2COCCN2C(=O)O)[nH]c2c1C(=O)N(C(=O)OC(C)(C)C)CC2. The summed E-state index contributed by atoms with van der Waals surface area (Å²) in [5.41, 5.74) is 1.95. The minimum Gasteiger partial charge on any atom is -0.493 e. The van der Waals surface area contributed by atoms with E-state index in [9.17, 15) is 19.5 Å². The zero-order valence-electron chi connectivity index (χ0n) is 24.8. The second-order valence-electron chi connectivity index (χ2n) is 11.2. The number of hydrogen-bond acceptors (Lipinski definition) is 9. The van der Waals surface area contributed by atoms with Gasteiger partial charge in [0.1, 0.15) is 18.0 Å². The number of anilines is 2. The molecule has 2 aliphatic heterocycles. The summed E-state index contributed by atoms with van der Waals surface area (Å²) in [4.78, 5) is 48.6. The van der Waals surface area contributed by atoms with Gasteiger partial charge in [-0.2, -0.15) is 0 Å². The number of para-hydroxylation sites is 1. The number of fused-ring (bicyclic) bond motifs is 1. The van der Waals surface area contributed by atoms with E-state index in [2.05, 4.69) is 15.3 Å². The number of hydrogen-bond donors (Lipinski definition) is 3. The third-order valence-electron chi connectivity index (χ3n) is 7.13. The molecule has 234 valence electrons. The lowest BCUT2D eigenvalue weighted by Crippen LogP contribution is -2.50. The van der Waals surface area contributed by atoms with Crippen molar-refractivity contribution in [2.75, 3.05) is 45.3 Å². The van der Waals surface area contributed by atoms with E-state index in [0.717, 1.165) is 4.90 Å². The molecule has 44 heavy (non-hydrogen) atoms. The molecule has 1 atom stereocenters. The smallest absolute Gasteiger partial charge is 0.417 e. The van der Waals surface area contributed by atoms with Crippen LogP contribution in [0.2, 0.25) is 5.02 Å². The summed E-state index contributed by atoms with van der Waals surface area (Å²) < 4.78 is 22.7. The molecule has 0 aliphatic carbocycles. The molecule has 3 aromatic rings. The number of nitrogens with one attached hydrogen (secondary N) is 2. The van der Waals surface area contributed by atoms with Crippen LogP contribution in [0.4, 0.5) is 21.0 Å². The first kappa shape index (κ1) is 31.0. The quantitative estimate of drug-likeness (QED) is 0.319. The summed E-state index contributed by atoms with van der Waals surface area (Å²) in [6.45, 7) is 6.07. The van der Waals surface area contributed by atoms with Crippen LogP contribution in [0, 0.1) is 0 Å². The van der Waals surface area contributed by atoms with Gasteiger partial charge in [-0.25, -0.2) is 14.5 Å². The lowest BCUT2D eigenvalue weighted by atomic mass is 10.0. The highest BCUT2D eigenvalue weighted by atomic mass is 35.5. The van der Waals surface area contributed by atoms with Crippen LogP contribution in [-0.4, -0.2) is 94.6 Å². The second-order valence-corrected chi connectivity index (χ2v) is 11.7.